The Morgan fingerprint density at radius 3 is 2.32 bits per heavy atom. The molecule has 1 aromatic rings. The Labute approximate surface area is 160 Å². The van der Waals surface area contributed by atoms with E-state index in [4.69, 9.17) is 23.2 Å². The van der Waals surface area contributed by atoms with Crippen molar-refractivity contribution < 1.29 is 9.59 Å². The smallest absolute Gasteiger partial charge is 0.253 e. The summed E-state index contributed by atoms with van der Waals surface area (Å²) < 4.78 is 0. The first kappa shape index (κ1) is 21.7. The number of rotatable bonds is 9. The van der Waals surface area contributed by atoms with E-state index in [-0.39, 0.29) is 22.8 Å². The molecular formula is C18H27Cl2N3O2. The standard InChI is InChI=1S/C18H27Cl2N3O2/c1-5-23(6-2)10-9-21-18(25)16(12(3)4)22-17(24)14-8-7-13(19)11-15(14)20/h7-8,11-12,16H,5-6,9-10H2,1-4H3,(H,21,25)(H,22,24)/t16-/m1/s1. The highest BCUT2D eigenvalue weighted by molar-refractivity contribution is 6.36. The van der Waals surface area contributed by atoms with Gasteiger partial charge >= 0.3 is 0 Å². The fourth-order valence-electron chi connectivity index (χ4n) is 2.41. The summed E-state index contributed by atoms with van der Waals surface area (Å²) in [7, 11) is 0. The highest BCUT2D eigenvalue weighted by Gasteiger charge is 2.25. The first-order chi connectivity index (χ1) is 11.8. The molecular weight excluding hydrogens is 361 g/mol. The van der Waals surface area contributed by atoms with Crippen LogP contribution >= 0.6 is 23.2 Å². The van der Waals surface area contributed by atoms with E-state index in [1.54, 1.807) is 12.1 Å². The van der Waals surface area contributed by atoms with E-state index < -0.39 is 6.04 Å². The fourth-order valence-corrected chi connectivity index (χ4v) is 2.91. The molecule has 0 bridgehead atoms. The minimum absolute atomic E-state index is 0.0523. The van der Waals surface area contributed by atoms with Crippen molar-refractivity contribution in [3.8, 4) is 0 Å². The molecule has 2 amide bonds. The Balaban J connectivity index is 2.69. The van der Waals surface area contributed by atoms with E-state index in [9.17, 15) is 9.59 Å². The third-order valence-corrected chi connectivity index (χ3v) is 4.58. The maximum atomic E-state index is 12.5. The third-order valence-electron chi connectivity index (χ3n) is 4.03. The van der Waals surface area contributed by atoms with Crippen molar-refractivity contribution in [3.63, 3.8) is 0 Å². The molecule has 0 radical (unpaired) electrons. The summed E-state index contributed by atoms with van der Waals surface area (Å²) in [6, 6.07) is 4.02. The number of amides is 2. The molecule has 0 aliphatic carbocycles. The van der Waals surface area contributed by atoms with E-state index in [0.717, 1.165) is 19.6 Å². The average Bonchev–Trinajstić information content (AvgIpc) is 2.55. The zero-order valence-electron chi connectivity index (χ0n) is 15.2. The monoisotopic (exact) mass is 387 g/mol. The van der Waals surface area contributed by atoms with Crippen LogP contribution < -0.4 is 10.6 Å². The molecule has 140 valence electrons. The molecule has 0 heterocycles. The molecule has 1 atom stereocenters. The number of carbonyl (C=O) groups excluding carboxylic acids is 2. The van der Waals surface area contributed by atoms with E-state index in [1.165, 1.54) is 6.07 Å². The zero-order chi connectivity index (χ0) is 19.0. The van der Waals surface area contributed by atoms with Crippen LogP contribution in [0.15, 0.2) is 18.2 Å². The summed E-state index contributed by atoms with van der Waals surface area (Å²) >= 11 is 11.9. The van der Waals surface area contributed by atoms with Crippen LogP contribution in [-0.2, 0) is 4.79 Å². The molecule has 0 unspecified atom stereocenters. The highest BCUT2D eigenvalue weighted by Crippen LogP contribution is 2.21. The Morgan fingerprint density at radius 1 is 1.16 bits per heavy atom. The lowest BCUT2D eigenvalue weighted by Crippen LogP contribution is -2.50. The van der Waals surface area contributed by atoms with Crippen molar-refractivity contribution in [3.05, 3.63) is 33.8 Å². The van der Waals surface area contributed by atoms with Crippen LogP contribution in [0.1, 0.15) is 38.1 Å². The molecule has 0 saturated carbocycles. The van der Waals surface area contributed by atoms with E-state index in [1.807, 2.05) is 13.8 Å². The third kappa shape index (κ3) is 6.84. The molecule has 7 heteroatoms. The van der Waals surface area contributed by atoms with Crippen LogP contribution in [0.5, 0.6) is 0 Å². The summed E-state index contributed by atoms with van der Waals surface area (Å²) in [6.07, 6.45) is 0. The molecule has 0 fully saturated rings. The van der Waals surface area contributed by atoms with Gasteiger partial charge in [-0.1, -0.05) is 50.9 Å². The lowest BCUT2D eigenvalue weighted by Gasteiger charge is -2.23. The second-order valence-corrected chi connectivity index (χ2v) is 6.98. The molecule has 2 N–H and O–H groups in total. The molecule has 1 aromatic carbocycles. The molecule has 25 heavy (non-hydrogen) atoms. The van der Waals surface area contributed by atoms with Gasteiger partial charge in [0.05, 0.1) is 10.6 Å². The molecule has 0 aliphatic rings. The number of nitrogens with one attached hydrogen (secondary N) is 2. The van der Waals surface area contributed by atoms with Gasteiger partial charge in [0.25, 0.3) is 5.91 Å². The van der Waals surface area contributed by atoms with Crippen LogP contribution in [0, 0.1) is 5.92 Å². The van der Waals surface area contributed by atoms with Gasteiger partial charge < -0.3 is 15.5 Å². The van der Waals surface area contributed by atoms with Gasteiger partial charge in [0.1, 0.15) is 6.04 Å². The highest BCUT2D eigenvalue weighted by atomic mass is 35.5. The number of nitrogens with zero attached hydrogens (tertiary/aromatic N) is 1. The molecule has 0 saturated heterocycles. The Hall–Kier alpha value is -1.30. The zero-order valence-corrected chi connectivity index (χ0v) is 16.7. The molecule has 0 aliphatic heterocycles. The molecule has 1 rings (SSSR count). The number of benzene rings is 1. The van der Waals surface area contributed by atoms with Gasteiger partial charge in [0.15, 0.2) is 0 Å². The summed E-state index contributed by atoms with van der Waals surface area (Å²) in [5, 5.41) is 6.37. The second kappa shape index (κ2) is 10.6. The maximum Gasteiger partial charge on any atom is 0.253 e. The summed E-state index contributed by atoms with van der Waals surface area (Å²) in [5.41, 5.74) is 0.299. The van der Waals surface area contributed by atoms with Gasteiger partial charge in [-0.25, -0.2) is 0 Å². The first-order valence-corrected chi connectivity index (χ1v) is 9.31. The van der Waals surface area contributed by atoms with Gasteiger partial charge in [0.2, 0.25) is 5.91 Å². The van der Waals surface area contributed by atoms with Gasteiger partial charge in [-0.3, -0.25) is 9.59 Å². The topological polar surface area (TPSA) is 61.4 Å². The predicted molar refractivity (Wildman–Crippen MR) is 103 cm³/mol. The van der Waals surface area contributed by atoms with Crippen LogP contribution in [0.3, 0.4) is 0 Å². The van der Waals surface area contributed by atoms with Crippen LogP contribution in [0.2, 0.25) is 10.0 Å². The fraction of sp³-hybridized carbons (Fsp3) is 0.556. The Kier molecular flexibility index (Phi) is 9.25. The van der Waals surface area contributed by atoms with Crippen LogP contribution in [-0.4, -0.2) is 48.9 Å². The van der Waals surface area contributed by atoms with E-state index in [0.29, 0.717) is 17.1 Å². The Bertz CT molecular complexity index is 590. The van der Waals surface area contributed by atoms with Crippen molar-refractivity contribution in [1.82, 2.24) is 15.5 Å². The normalized spacial score (nSPS) is 12.3. The first-order valence-electron chi connectivity index (χ1n) is 8.56. The van der Waals surface area contributed by atoms with Crippen LogP contribution in [0.4, 0.5) is 0 Å². The molecule has 0 spiro atoms. The number of likely N-dealkylation sites (N-methyl/N-ethyl adjacent to an activating group) is 1. The summed E-state index contributed by atoms with van der Waals surface area (Å²) in [6.45, 7) is 11.1. The van der Waals surface area contributed by atoms with Crippen molar-refractivity contribution in [2.24, 2.45) is 5.92 Å². The van der Waals surface area contributed by atoms with Crippen molar-refractivity contribution in [2.45, 2.75) is 33.7 Å². The lowest BCUT2D eigenvalue weighted by molar-refractivity contribution is -0.124. The SMILES string of the molecule is CCN(CC)CCNC(=O)[C@H](NC(=O)c1ccc(Cl)cc1Cl)C(C)C. The minimum atomic E-state index is -0.629. The quantitative estimate of drug-likeness (QED) is 0.683. The largest absolute Gasteiger partial charge is 0.353 e. The van der Waals surface area contributed by atoms with Gasteiger partial charge in [-0.15, -0.1) is 0 Å². The van der Waals surface area contributed by atoms with E-state index >= 15 is 0 Å². The summed E-state index contributed by atoms with van der Waals surface area (Å²) in [4.78, 5) is 27.1. The lowest BCUT2D eigenvalue weighted by atomic mass is 10.0. The number of hydrogen-bond donors (Lipinski definition) is 2. The van der Waals surface area contributed by atoms with Crippen molar-refractivity contribution in [1.29, 1.82) is 0 Å². The number of halogens is 2. The number of hydrogen-bond acceptors (Lipinski definition) is 3. The summed E-state index contributed by atoms with van der Waals surface area (Å²) in [5.74, 6) is -0.636. The number of carbonyl (C=O) groups is 2. The minimum Gasteiger partial charge on any atom is -0.353 e. The van der Waals surface area contributed by atoms with Gasteiger partial charge in [-0.05, 0) is 37.2 Å². The van der Waals surface area contributed by atoms with Crippen LogP contribution in [0.25, 0.3) is 0 Å². The van der Waals surface area contributed by atoms with Gasteiger partial charge in [-0.2, -0.15) is 0 Å². The molecule has 5 nitrogen and oxygen atoms in total. The average molecular weight is 388 g/mol. The van der Waals surface area contributed by atoms with Gasteiger partial charge in [0, 0.05) is 18.1 Å². The predicted octanol–water partition coefficient (Wildman–Crippen LogP) is 3.21. The molecule has 0 aromatic heterocycles. The van der Waals surface area contributed by atoms with Crippen molar-refractivity contribution >= 4 is 35.0 Å². The maximum absolute atomic E-state index is 12.5. The second-order valence-electron chi connectivity index (χ2n) is 6.14. The van der Waals surface area contributed by atoms with E-state index in [2.05, 4.69) is 29.4 Å². The van der Waals surface area contributed by atoms with Crippen molar-refractivity contribution in [2.75, 3.05) is 26.2 Å². The Morgan fingerprint density at radius 2 is 1.80 bits per heavy atom.